The van der Waals surface area contributed by atoms with Gasteiger partial charge in [0, 0.05) is 24.9 Å². The molecular formula is C13H9FN2O3. The summed E-state index contributed by atoms with van der Waals surface area (Å²) < 4.78 is 13.1. The van der Waals surface area contributed by atoms with Gasteiger partial charge in [-0.25, -0.2) is 4.39 Å². The largest absolute Gasteiger partial charge is 0.294 e. The molecule has 6 heteroatoms. The van der Waals surface area contributed by atoms with Gasteiger partial charge in [0.15, 0.2) is 5.78 Å². The summed E-state index contributed by atoms with van der Waals surface area (Å²) >= 11 is 0. The van der Waals surface area contributed by atoms with Crippen molar-refractivity contribution >= 4 is 11.5 Å². The first kappa shape index (κ1) is 12.8. The van der Waals surface area contributed by atoms with E-state index in [0.29, 0.717) is 5.56 Å². The molecule has 0 spiro atoms. The van der Waals surface area contributed by atoms with E-state index in [9.17, 15) is 19.3 Å². The highest BCUT2D eigenvalue weighted by molar-refractivity contribution is 6.01. The summed E-state index contributed by atoms with van der Waals surface area (Å²) in [6.07, 6.45) is 3.00. The van der Waals surface area contributed by atoms with Gasteiger partial charge in [0.25, 0.3) is 5.69 Å². The van der Waals surface area contributed by atoms with Gasteiger partial charge >= 0.3 is 0 Å². The van der Waals surface area contributed by atoms with Gasteiger partial charge in [-0.05, 0) is 29.8 Å². The van der Waals surface area contributed by atoms with Crippen LogP contribution in [0.4, 0.5) is 10.1 Å². The third-order valence-corrected chi connectivity index (χ3v) is 2.57. The molecule has 0 N–H and O–H groups in total. The lowest BCUT2D eigenvalue weighted by atomic mass is 10.0. The summed E-state index contributed by atoms with van der Waals surface area (Å²) in [6.45, 7) is 0. The predicted octanol–water partition coefficient (Wildman–Crippen LogP) is 2.55. The van der Waals surface area contributed by atoms with E-state index in [4.69, 9.17) is 0 Å². The van der Waals surface area contributed by atoms with Crippen molar-refractivity contribution in [3.63, 3.8) is 0 Å². The summed E-state index contributed by atoms with van der Waals surface area (Å²) in [5.41, 5.74) is 0.0563. The predicted molar refractivity (Wildman–Crippen MR) is 65.3 cm³/mol. The molecule has 0 saturated heterocycles. The van der Waals surface area contributed by atoms with Crippen molar-refractivity contribution in [3.05, 3.63) is 69.8 Å². The number of nitrogens with zero attached hydrogens (tertiary/aromatic N) is 2. The molecule has 0 unspecified atom stereocenters. The Morgan fingerprint density at radius 1 is 1.26 bits per heavy atom. The topological polar surface area (TPSA) is 73.1 Å². The van der Waals surface area contributed by atoms with E-state index in [1.807, 2.05) is 0 Å². The second-order valence-corrected chi connectivity index (χ2v) is 3.87. The Morgan fingerprint density at radius 2 is 1.95 bits per heavy atom. The number of benzene rings is 1. The van der Waals surface area contributed by atoms with Crippen LogP contribution in [-0.4, -0.2) is 15.7 Å². The fraction of sp³-hybridized carbons (Fsp3) is 0.0769. The van der Waals surface area contributed by atoms with E-state index in [1.54, 1.807) is 12.1 Å². The van der Waals surface area contributed by atoms with Gasteiger partial charge in [-0.2, -0.15) is 0 Å². The molecule has 0 aliphatic rings. The van der Waals surface area contributed by atoms with Crippen LogP contribution >= 0.6 is 0 Å². The second kappa shape index (κ2) is 5.34. The van der Waals surface area contributed by atoms with Crippen LogP contribution in [0.3, 0.4) is 0 Å². The van der Waals surface area contributed by atoms with E-state index in [2.05, 4.69) is 4.98 Å². The molecule has 0 aliphatic carbocycles. The SMILES string of the molecule is O=C(Cc1ccncc1)c1cc(F)ccc1[N+](=O)[O-]. The monoisotopic (exact) mass is 260 g/mol. The first-order chi connectivity index (χ1) is 9.08. The van der Waals surface area contributed by atoms with E-state index in [0.717, 1.165) is 18.2 Å². The number of rotatable bonds is 4. The molecule has 0 saturated carbocycles. The number of aromatic nitrogens is 1. The van der Waals surface area contributed by atoms with E-state index in [-0.39, 0.29) is 17.7 Å². The Kier molecular flexibility index (Phi) is 3.61. The Hall–Kier alpha value is -2.63. The van der Waals surface area contributed by atoms with Crippen LogP contribution in [0.5, 0.6) is 0 Å². The Morgan fingerprint density at radius 3 is 2.58 bits per heavy atom. The van der Waals surface area contributed by atoms with Crippen LogP contribution in [0.2, 0.25) is 0 Å². The lowest BCUT2D eigenvalue weighted by Gasteiger charge is -2.03. The number of carbonyl (C=O) groups excluding carboxylic acids is 1. The standard InChI is InChI=1S/C13H9FN2O3/c14-10-1-2-12(16(18)19)11(8-10)13(17)7-9-3-5-15-6-4-9/h1-6,8H,7H2. The molecule has 19 heavy (non-hydrogen) atoms. The summed E-state index contributed by atoms with van der Waals surface area (Å²) in [6, 6.07) is 6.10. The molecule has 0 atom stereocenters. The van der Waals surface area contributed by atoms with E-state index < -0.39 is 16.5 Å². The van der Waals surface area contributed by atoms with Crippen molar-refractivity contribution in [1.29, 1.82) is 0 Å². The summed E-state index contributed by atoms with van der Waals surface area (Å²) in [7, 11) is 0. The maximum absolute atomic E-state index is 13.1. The normalized spacial score (nSPS) is 10.2. The molecule has 5 nitrogen and oxygen atoms in total. The molecule has 2 rings (SSSR count). The van der Waals surface area contributed by atoms with Gasteiger partial charge in [-0.15, -0.1) is 0 Å². The summed E-state index contributed by atoms with van der Waals surface area (Å²) in [5.74, 6) is -1.18. The van der Waals surface area contributed by atoms with Gasteiger partial charge in [-0.3, -0.25) is 19.9 Å². The van der Waals surface area contributed by atoms with Crippen molar-refractivity contribution in [2.45, 2.75) is 6.42 Å². The van der Waals surface area contributed by atoms with Crippen molar-refractivity contribution < 1.29 is 14.1 Å². The van der Waals surface area contributed by atoms with Gasteiger partial charge in [-0.1, -0.05) is 0 Å². The van der Waals surface area contributed by atoms with Crippen LogP contribution in [0.25, 0.3) is 0 Å². The zero-order valence-corrected chi connectivity index (χ0v) is 9.75. The molecular weight excluding hydrogens is 251 g/mol. The number of nitro groups is 1. The number of hydrogen-bond donors (Lipinski definition) is 0. The van der Waals surface area contributed by atoms with Crippen LogP contribution in [0, 0.1) is 15.9 Å². The van der Waals surface area contributed by atoms with Crippen molar-refractivity contribution in [3.8, 4) is 0 Å². The first-order valence-electron chi connectivity index (χ1n) is 5.44. The second-order valence-electron chi connectivity index (χ2n) is 3.87. The Bertz CT molecular complexity index is 629. The summed E-state index contributed by atoms with van der Waals surface area (Å²) in [5, 5.41) is 10.8. The highest BCUT2D eigenvalue weighted by Crippen LogP contribution is 2.21. The first-order valence-corrected chi connectivity index (χ1v) is 5.44. The minimum Gasteiger partial charge on any atom is -0.294 e. The van der Waals surface area contributed by atoms with E-state index >= 15 is 0 Å². The lowest BCUT2D eigenvalue weighted by molar-refractivity contribution is -0.385. The Labute approximate surface area is 107 Å². The molecule has 0 aliphatic heterocycles. The average Bonchev–Trinajstić information content (AvgIpc) is 2.39. The minimum atomic E-state index is -0.695. The number of halogens is 1. The zero-order chi connectivity index (χ0) is 13.8. The van der Waals surface area contributed by atoms with Gasteiger partial charge in [0.05, 0.1) is 10.5 Å². The van der Waals surface area contributed by atoms with E-state index in [1.165, 1.54) is 12.4 Å². The van der Waals surface area contributed by atoms with Crippen molar-refractivity contribution in [2.75, 3.05) is 0 Å². The smallest absolute Gasteiger partial charge is 0.280 e. The highest BCUT2D eigenvalue weighted by Gasteiger charge is 2.20. The van der Waals surface area contributed by atoms with Crippen LogP contribution in [-0.2, 0) is 6.42 Å². The van der Waals surface area contributed by atoms with Gasteiger partial charge in [0.1, 0.15) is 5.82 Å². The molecule has 96 valence electrons. The minimum absolute atomic E-state index is 0.0349. The van der Waals surface area contributed by atoms with Crippen LogP contribution < -0.4 is 0 Å². The van der Waals surface area contributed by atoms with Crippen molar-refractivity contribution in [1.82, 2.24) is 4.98 Å². The Balaban J connectivity index is 2.33. The molecule has 0 amide bonds. The molecule has 1 aromatic carbocycles. The highest BCUT2D eigenvalue weighted by atomic mass is 19.1. The number of Topliss-reactive ketones (excluding diaryl/α,β-unsaturated/α-hetero) is 1. The number of carbonyl (C=O) groups is 1. The zero-order valence-electron chi connectivity index (χ0n) is 9.75. The fourth-order valence-corrected chi connectivity index (χ4v) is 1.67. The third kappa shape index (κ3) is 2.98. The molecule has 1 aromatic heterocycles. The third-order valence-electron chi connectivity index (χ3n) is 2.57. The lowest BCUT2D eigenvalue weighted by Crippen LogP contribution is -2.07. The number of ketones is 1. The quantitative estimate of drug-likeness (QED) is 0.481. The van der Waals surface area contributed by atoms with Gasteiger partial charge < -0.3 is 0 Å². The fourth-order valence-electron chi connectivity index (χ4n) is 1.67. The number of pyridine rings is 1. The maximum Gasteiger partial charge on any atom is 0.280 e. The molecule has 1 heterocycles. The molecule has 0 bridgehead atoms. The number of nitro benzene ring substituents is 1. The molecule has 2 aromatic rings. The van der Waals surface area contributed by atoms with Crippen molar-refractivity contribution in [2.24, 2.45) is 0 Å². The van der Waals surface area contributed by atoms with Gasteiger partial charge in [0.2, 0.25) is 0 Å². The van der Waals surface area contributed by atoms with Crippen LogP contribution in [0.15, 0.2) is 42.7 Å². The molecule has 0 radical (unpaired) electrons. The molecule has 0 fully saturated rings. The number of hydrogen-bond acceptors (Lipinski definition) is 4. The summed E-state index contributed by atoms with van der Waals surface area (Å²) in [4.78, 5) is 25.9. The maximum atomic E-state index is 13.1. The average molecular weight is 260 g/mol. The van der Waals surface area contributed by atoms with Crippen LogP contribution in [0.1, 0.15) is 15.9 Å².